The van der Waals surface area contributed by atoms with Gasteiger partial charge in [0.1, 0.15) is 0 Å². The minimum absolute atomic E-state index is 0.106. The van der Waals surface area contributed by atoms with Crippen molar-refractivity contribution in [2.45, 2.75) is 26.2 Å². The molecule has 0 fully saturated rings. The summed E-state index contributed by atoms with van der Waals surface area (Å²) in [6, 6.07) is 8.21. The van der Waals surface area contributed by atoms with Gasteiger partial charge in [0.05, 0.1) is 6.61 Å². The molecule has 0 aromatic heterocycles. The zero-order valence-corrected chi connectivity index (χ0v) is 9.74. The van der Waals surface area contributed by atoms with Crippen LogP contribution in [0.2, 0.25) is 0 Å². The quantitative estimate of drug-likeness (QED) is 0.685. The Morgan fingerprint density at radius 3 is 2.62 bits per heavy atom. The van der Waals surface area contributed by atoms with Crippen LogP contribution < -0.4 is 0 Å². The van der Waals surface area contributed by atoms with E-state index in [2.05, 4.69) is 18.7 Å². The van der Waals surface area contributed by atoms with Crippen molar-refractivity contribution in [3.8, 4) is 0 Å². The van der Waals surface area contributed by atoms with Crippen LogP contribution >= 0.6 is 0 Å². The van der Waals surface area contributed by atoms with Gasteiger partial charge in [-0.1, -0.05) is 36.9 Å². The highest BCUT2D eigenvalue weighted by atomic mass is 16.5. The maximum absolute atomic E-state index is 11.1. The summed E-state index contributed by atoms with van der Waals surface area (Å²) < 4.78 is 4.86. The number of rotatable bonds is 6. The van der Waals surface area contributed by atoms with Gasteiger partial charge in [-0.15, -0.1) is 0 Å². The standard InChI is InChI=1S/C14H18O2/c1-3-12-8-10-13(11-9-12)6-5-7-14(15)16-4-2/h3,8-11H,1,4-7H2,2H3. The van der Waals surface area contributed by atoms with Crippen molar-refractivity contribution in [3.05, 3.63) is 42.0 Å². The molecule has 1 rings (SSSR count). The third kappa shape index (κ3) is 4.30. The van der Waals surface area contributed by atoms with Crippen molar-refractivity contribution in [2.24, 2.45) is 0 Å². The molecule has 0 atom stereocenters. The molecule has 2 nitrogen and oxygen atoms in total. The Hall–Kier alpha value is -1.57. The summed E-state index contributed by atoms with van der Waals surface area (Å²) in [6.07, 6.45) is 4.07. The molecule has 1 aromatic rings. The first-order valence-corrected chi connectivity index (χ1v) is 5.63. The largest absolute Gasteiger partial charge is 0.466 e. The number of carbonyl (C=O) groups excluding carboxylic acids is 1. The van der Waals surface area contributed by atoms with E-state index in [1.807, 2.05) is 25.1 Å². The van der Waals surface area contributed by atoms with E-state index in [4.69, 9.17) is 4.74 Å². The first-order chi connectivity index (χ1) is 7.76. The number of carbonyl (C=O) groups is 1. The van der Waals surface area contributed by atoms with Crippen LogP contribution in [0.25, 0.3) is 6.08 Å². The molecule has 0 spiro atoms. The second-order valence-corrected chi connectivity index (χ2v) is 3.60. The molecule has 0 radical (unpaired) electrons. The van der Waals surface area contributed by atoms with E-state index in [0.29, 0.717) is 13.0 Å². The van der Waals surface area contributed by atoms with Crippen molar-refractivity contribution >= 4 is 12.0 Å². The van der Waals surface area contributed by atoms with Crippen molar-refractivity contribution in [3.63, 3.8) is 0 Å². The second kappa shape index (κ2) is 6.83. The average Bonchev–Trinajstić information content (AvgIpc) is 2.30. The Morgan fingerprint density at radius 1 is 1.38 bits per heavy atom. The van der Waals surface area contributed by atoms with Gasteiger partial charge in [-0.05, 0) is 30.9 Å². The van der Waals surface area contributed by atoms with Crippen LogP contribution in [-0.2, 0) is 16.0 Å². The smallest absolute Gasteiger partial charge is 0.305 e. The molecule has 1 aromatic carbocycles. The fourth-order valence-electron chi connectivity index (χ4n) is 1.49. The zero-order valence-electron chi connectivity index (χ0n) is 9.74. The van der Waals surface area contributed by atoms with E-state index in [1.54, 1.807) is 0 Å². The third-order valence-corrected chi connectivity index (χ3v) is 2.37. The highest BCUT2D eigenvalue weighted by Gasteiger charge is 2.01. The van der Waals surface area contributed by atoms with Crippen LogP contribution in [-0.4, -0.2) is 12.6 Å². The number of esters is 1. The Balaban J connectivity index is 2.31. The summed E-state index contributed by atoms with van der Waals surface area (Å²) in [5, 5.41) is 0. The Kier molecular flexibility index (Phi) is 5.34. The van der Waals surface area contributed by atoms with E-state index in [0.717, 1.165) is 18.4 Å². The minimum Gasteiger partial charge on any atom is -0.466 e. The van der Waals surface area contributed by atoms with Crippen molar-refractivity contribution < 1.29 is 9.53 Å². The molecular formula is C14H18O2. The Labute approximate surface area is 96.9 Å². The lowest BCUT2D eigenvalue weighted by atomic mass is 10.1. The minimum atomic E-state index is -0.106. The Morgan fingerprint density at radius 2 is 2.06 bits per heavy atom. The molecule has 0 saturated carbocycles. The van der Waals surface area contributed by atoms with Crippen LogP contribution in [0.3, 0.4) is 0 Å². The zero-order chi connectivity index (χ0) is 11.8. The summed E-state index contributed by atoms with van der Waals surface area (Å²) >= 11 is 0. The topological polar surface area (TPSA) is 26.3 Å². The maximum atomic E-state index is 11.1. The van der Waals surface area contributed by atoms with Gasteiger partial charge in [-0.3, -0.25) is 4.79 Å². The van der Waals surface area contributed by atoms with E-state index in [9.17, 15) is 4.79 Å². The van der Waals surface area contributed by atoms with Crippen molar-refractivity contribution in [1.29, 1.82) is 0 Å². The molecule has 0 N–H and O–H groups in total. The molecule has 0 unspecified atom stereocenters. The van der Waals surface area contributed by atoms with Gasteiger partial charge in [-0.2, -0.15) is 0 Å². The lowest BCUT2D eigenvalue weighted by molar-refractivity contribution is -0.143. The van der Waals surface area contributed by atoms with E-state index in [-0.39, 0.29) is 5.97 Å². The monoisotopic (exact) mass is 218 g/mol. The predicted molar refractivity (Wildman–Crippen MR) is 66.1 cm³/mol. The van der Waals surface area contributed by atoms with Gasteiger partial charge >= 0.3 is 5.97 Å². The average molecular weight is 218 g/mol. The SMILES string of the molecule is C=Cc1ccc(CCCC(=O)OCC)cc1. The van der Waals surface area contributed by atoms with Crippen molar-refractivity contribution in [2.75, 3.05) is 6.61 Å². The lowest BCUT2D eigenvalue weighted by Crippen LogP contribution is -2.03. The summed E-state index contributed by atoms with van der Waals surface area (Å²) in [5.41, 5.74) is 2.36. The van der Waals surface area contributed by atoms with Crippen molar-refractivity contribution in [1.82, 2.24) is 0 Å². The highest BCUT2D eigenvalue weighted by molar-refractivity contribution is 5.69. The number of hydrogen-bond acceptors (Lipinski definition) is 2. The van der Waals surface area contributed by atoms with E-state index < -0.39 is 0 Å². The van der Waals surface area contributed by atoms with Gasteiger partial charge < -0.3 is 4.74 Å². The van der Waals surface area contributed by atoms with Crippen LogP contribution in [0.4, 0.5) is 0 Å². The van der Waals surface area contributed by atoms with E-state index >= 15 is 0 Å². The normalized spacial score (nSPS) is 9.81. The summed E-state index contributed by atoms with van der Waals surface area (Å²) in [4.78, 5) is 11.1. The molecule has 0 bridgehead atoms. The predicted octanol–water partition coefficient (Wildman–Crippen LogP) is 3.22. The Bertz CT molecular complexity index is 338. The van der Waals surface area contributed by atoms with Gasteiger partial charge in [0, 0.05) is 6.42 Å². The first kappa shape index (κ1) is 12.5. The maximum Gasteiger partial charge on any atom is 0.305 e. The number of benzene rings is 1. The fraction of sp³-hybridized carbons (Fsp3) is 0.357. The molecule has 0 amide bonds. The van der Waals surface area contributed by atoms with E-state index in [1.165, 1.54) is 5.56 Å². The van der Waals surface area contributed by atoms with Gasteiger partial charge in [-0.25, -0.2) is 0 Å². The van der Waals surface area contributed by atoms with Crippen LogP contribution in [0, 0.1) is 0 Å². The highest BCUT2D eigenvalue weighted by Crippen LogP contribution is 2.09. The third-order valence-electron chi connectivity index (χ3n) is 2.37. The van der Waals surface area contributed by atoms with Gasteiger partial charge in [0.15, 0.2) is 0 Å². The molecule has 0 heterocycles. The molecule has 2 heteroatoms. The number of hydrogen-bond donors (Lipinski definition) is 0. The summed E-state index contributed by atoms with van der Waals surface area (Å²) in [7, 11) is 0. The van der Waals surface area contributed by atoms with Crippen LogP contribution in [0.1, 0.15) is 30.9 Å². The molecule has 86 valence electrons. The molecule has 0 aliphatic carbocycles. The number of aryl methyl sites for hydroxylation is 1. The summed E-state index contributed by atoms with van der Waals surface area (Å²) in [5.74, 6) is -0.106. The lowest BCUT2D eigenvalue weighted by Gasteiger charge is -2.02. The second-order valence-electron chi connectivity index (χ2n) is 3.60. The van der Waals surface area contributed by atoms with Gasteiger partial charge in [0.2, 0.25) is 0 Å². The van der Waals surface area contributed by atoms with Gasteiger partial charge in [0.25, 0.3) is 0 Å². The molecule has 16 heavy (non-hydrogen) atoms. The fourth-order valence-corrected chi connectivity index (χ4v) is 1.49. The summed E-state index contributed by atoms with van der Waals surface area (Å²) in [6.45, 7) is 6.00. The molecule has 0 saturated heterocycles. The van der Waals surface area contributed by atoms with Crippen LogP contribution in [0.15, 0.2) is 30.8 Å². The molecule has 0 aliphatic heterocycles. The number of ether oxygens (including phenoxy) is 1. The molecule has 0 aliphatic rings. The molecular weight excluding hydrogens is 200 g/mol. The van der Waals surface area contributed by atoms with Crippen LogP contribution in [0.5, 0.6) is 0 Å². The first-order valence-electron chi connectivity index (χ1n) is 5.63.